The van der Waals surface area contributed by atoms with E-state index in [-0.39, 0.29) is 6.61 Å². The molecule has 1 N–H and O–H groups in total. The minimum absolute atomic E-state index is 0.134. The van der Waals surface area contributed by atoms with E-state index in [4.69, 9.17) is 21.4 Å². The van der Waals surface area contributed by atoms with Crippen LogP contribution in [0.4, 0.5) is 0 Å². The van der Waals surface area contributed by atoms with E-state index >= 15 is 0 Å². The highest BCUT2D eigenvalue weighted by Crippen LogP contribution is 2.33. The van der Waals surface area contributed by atoms with E-state index in [9.17, 15) is 0 Å². The summed E-state index contributed by atoms with van der Waals surface area (Å²) in [4.78, 5) is 0. The number of aromatic nitrogens is 2. The van der Waals surface area contributed by atoms with E-state index < -0.39 is 0 Å². The molecule has 0 aliphatic heterocycles. The molecule has 1 aromatic heterocycles. The number of hydrogen-bond acceptors (Lipinski definition) is 4. The smallest absolute Gasteiger partial charge is 0.238 e. The monoisotopic (exact) mass is 292 g/mol. The molecule has 2 rings (SSSR count). The van der Waals surface area contributed by atoms with Crippen LogP contribution in [0.25, 0.3) is 0 Å². The normalized spacial score (nSPS) is 10.9. The number of nitrogens with zero attached hydrogens (tertiary/aromatic N) is 2. The number of aliphatic hydroxyl groups excluding tert-OH is 1. The van der Waals surface area contributed by atoms with E-state index in [1.165, 1.54) is 0 Å². The Hall–Kier alpha value is -1.65. The van der Waals surface area contributed by atoms with Crippen LogP contribution in [-0.4, -0.2) is 15.3 Å². The molecule has 0 bridgehead atoms. The van der Waals surface area contributed by atoms with Crippen molar-refractivity contribution >= 4 is 11.6 Å². The van der Waals surface area contributed by atoms with Crippen molar-refractivity contribution in [1.29, 1.82) is 0 Å². The van der Waals surface area contributed by atoms with Gasteiger partial charge in [-0.3, -0.25) is 0 Å². The second kappa shape index (κ2) is 6.20. The topological polar surface area (TPSA) is 55.2 Å². The van der Waals surface area contributed by atoms with Gasteiger partial charge in [-0.2, -0.15) is 0 Å². The number of hydrogen-bond donors (Lipinski definition) is 1. The molecule has 0 fully saturated rings. The average Bonchev–Trinajstić information content (AvgIpc) is 2.42. The molecule has 106 valence electrons. The van der Waals surface area contributed by atoms with Gasteiger partial charge in [-0.25, -0.2) is 0 Å². The van der Waals surface area contributed by atoms with Crippen LogP contribution >= 0.6 is 11.6 Å². The van der Waals surface area contributed by atoms with Gasteiger partial charge in [-0.15, -0.1) is 10.2 Å². The largest absolute Gasteiger partial charge is 0.437 e. The van der Waals surface area contributed by atoms with Gasteiger partial charge in [0.15, 0.2) is 0 Å². The van der Waals surface area contributed by atoms with Crippen LogP contribution in [0.5, 0.6) is 11.6 Å². The van der Waals surface area contributed by atoms with Gasteiger partial charge in [0.2, 0.25) is 5.88 Å². The molecule has 2 aromatic rings. The Morgan fingerprint density at radius 3 is 2.55 bits per heavy atom. The number of halogens is 1. The summed E-state index contributed by atoms with van der Waals surface area (Å²) in [5, 5.41) is 17.4. The van der Waals surface area contributed by atoms with Crippen LogP contribution in [0, 0.1) is 6.92 Å². The number of ether oxygens (including phenoxy) is 1. The molecule has 0 amide bonds. The first-order valence-electron chi connectivity index (χ1n) is 6.42. The van der Waals surface area contributed by atoms with Gasteiger partial charge in [0, 0.05) is 11.1 Å². The molecule has 4 nitrogen and oxygen atoms in total. The first-order chi connectivity index (χ1) is 9.51. The second-order valence-electron chi connectivity index (χ2n) is 4.92. The molecular weight excluding hydrogens is 276 g/mol. The molecule has 0 atom stereocenters. The number of aliphatic hydroxyl groups is 1. The molecule has 1 heterocycles. The zero-order chi connectivity index (χ0) is 14.7. The van der Waals surface area contributed by atoms with Crippen molar-refractivity contribution < 1.29 is 9.84 Å². The number of aryl methyl sites for hydroxylation is 1. The molecule has 0 radical (unpaired) electrons. The van der Waals surface area contributed by atoms with Crippen LogP contribution in [0.2, 0.25) is 5.02 Å². The maximum absolute atomic E-state index is 8.93. The fourth-order valence-electron chi connectivity index (χ4n) is 1.82. The Bertz CT molecular complexity index is 598. The highest BCUT2D eigenvalue weighted by Gasteiger charge is 2.11. The zero-order valence-corrected chi connectivity index (χ0v) is 12.5. The van der Waals surface area contributed by atoms with Crippen molar-refractivity contribution in [3.63, 3.8) is 0 Å². The Labute approximate surface area is 123 Å². The fraction of sp³-hybridized carbons (Fsp3) is 0.333. The van der Waals surface area contributed by atoms with Crippen LogP contribution in [0.15, 0.2) is 24.3 Å². The lowest BCUT2D eigenvalue weighted by atomic mass is 10.0. The lowest BCUT2D eigenvalue weighted by Crippen LogP contribution is -1.98. The molecule has 0 spiro atoms. The van der Waals surface area contributed by atoms with E-state index in [0.29, 0.717) is 23.2 Å². The molecule has 0 aliphatic rings. The third-order valence-corrected chi connectivity index (χ3v) is 3.32. The Kier molecular flexibility index (Phi) is 4.57. The molecule has 5 heteroatoms. The van der Waals surface area contributed by atoms with E-state index in [1.54, 1.807) is 12.1 Å². The van der Waals surface area contributed by atoms with Crippen LogP contribution in [-0.2, 0) is 6.61 Å². The number of rotatable bonds is 4. The second-order valence-corrected chi connectivity index (χ2v) is 5.32. The van der Waals surface area contributed by atoms with Crippen molar-refractivity contribution in [2.75, 3.05) is 0 Å². The van der Waals surface area contributed by atoms with Crippen molar-refractivity contribution in [2.24, 2.45) is 0 Å². The molecular formula is C15H17ClN2O2. The zero-order valence-electron chi connectivity index (χ0n) is 11.7. The summed E-state index contributed by atoms with van der Waals surface area (Å²) in [6, 6.07) is 7.18. The Morgan fingerprint density at radius 1 is 1.25 bits per heavy atom. The number of benzene rings is 1. The molecule has 20 heavy (non-hydrogen) atoms. The van der Waals surface area contributed by atoms with Crippen molar-refractivity contribution in [3.05, 3.63) is 46.1 Å². The molecule has 0 saturated carbocycles. The first-order valence-corrected chi connectivity index (χ1v) is 6.80. The molecule has 0 saturated heterocycles. The van der Waals surface area contributed by atoms with Crippen molar-refractivity contribution in [1.82, 2.24) is 10.2 Å². The SMILES string of the molecule is Cc1cc(Cl)c(C(C)C)cc1Oc1ccc(CO)nn1. The predicted molar refractivity (Wildman–Crippen MR) is 78.3 cm³/mol. The molecule has 1 aromatic carbocycles. The van der Waals surface area contributed by atoms with Crippen LogP contribution < -0.4 is 4.74 Å². The van der Waals surface area contributed by atoms with Gasteiger partial charge in [-0.1, -0.05) is 25.4 Å². The lowest BCUT2D eigenvalue weighted by Gasteiger charge is -2.13. The summed E-state index contributed by atoms with van der Waals surface area (Å²) in [5.41, 5.74) is 2.48. The van der Waals surface area contributed by atoms with Crippen molar-refractivity contribution in [3.8, 4) is 11.6 Å². The van der Waals surface area contributed by atoms with Gasteiger partial charge in [0.1, 0.15) is 5.75 Å². The highest BCUT2D eigenvalue weighted by molar-refractivity contribution is 6.31. The van der Waals surface area contributed by atoms with Gasteiger partial charge in [0.25, 0.3) is 0 Å². The summed E-state index contributed by atoms with van der Waals surface area (Å²) >= 11 is 6.23. The average molecular weight is 293 g/mol. The summed E-state index contributed by atoms with van der Waals surface area (Å²) in [5.74, 6) is 1.42. The third-order valence-electron chi connectivity index (χ3n) is 2.99. The van der Waals surface area contributed by atoms with E-state index in [0.717, 1.165) is 16.1 Å². The highest BCUT2D eigenvalue weighted by atomic mass is 35.5. The standard InChI is InChI=1S/C15H17ClN2O2/c1-9(2)12-7-14(10(3)6-13(12)16)20-15-5-4-11(8-19)17-18-15/h4-7,9,19H,8H2,1-3H3. The first kappa shape index (κ1) is 14.8. The minimum Gasteiger partial charge on any atom is -0.437 e. The van der Waals surface area contributed by atoms with Crippen LogP contribution in [0.1, 0.15) is 36.6 Å². The summed E-state index contributed by atoms with van der Waals surface area (Å²) in [7, 11) is 0. The van der Waals surface area contributed by atoms with E-state index in [1.807, 2.05) is 19.1 Å². The molecule has 0 unspecified atom stereocenters. The fourth-order valence-corrected chi connectivity index (χ4v) is 2.26. The van der Waals surface area contributed by atoms with Gasteiger partial charge < -0.3 is 9.84 Å². The van der Waals surface area contributed by atoms with Gasteiger partial charge in [0.05, 0.1) is 12.3 Å². The third kappa shape index (κ3) is 3.26. The van der Waals surface area contributed by atoms with Crippen LogP contribution in [0.3, 0.4) is 0 Å². The Morgan fingerprint density at radius 2 is 2.00 bits per heavy atom. The predicted octanol–water partition coefficient (Wildman–Crippen LogP) is 3.85. The van der Waals surface area contributed by atoms with Gasteiger partial charge in [-0.05, 0) is 42.2 Å². The summed E-state index contributed by atoms with van der Waals surface area (Å²) < 4.78 is 5.74. The molecule has 0 aliphatic carbocycles. The maximum Gasteiger partial charge on any atom is 0.238 e. The summed E-state index contributed by atoms with van der Waals surface area (Å²) in [6.07, 6.45) is 0. The minimum atomic E-state index is -0.134. The van der Waals surface area contributed by atoms with E-state index in [2.05, 4.69) is 24.0 Å². The lowest BCUT2D eigenvalue weighted by molar-refractivity contribution is 0.274. The maximum atomic E-state index is 8.93. The Balaban J connectivity index is 2.30. The van der Waals surface area contributed by atoms with Gasteiger partial charge >= 0.3 is 0 Å². The quantitative estimate of drug-likeness (QED) is 0.930. The summed E-state index contributed by atoms with van der Waals surface area (Å²) in [6.45, 7) is 5.96. The van der Waals surface area contributed by atoms with Crippen molar-refractivity contribution in [2.45, 2.75) is 33.3 Å².